The maximum atomic E-state index is 13.2. The molecule has 0 saturated carbocycles. The van der Waals surface area contributed by atoms with Crippen LogP contribution in [0.15, 0.2) is 30.6 Å². The highest BCUT2D eigenvalue weighted by atomic mass is 19.1. The van der Waals surface area contributed by atoms with Gasteiger partial charge in [-0.3, -0.25) is 4.68 Å². The molecule has 7 heteroatoms. The number of anilines is 1. The second-order valence-electron chi connectivity index (χ2n) is 5.65. The van der Waals surface area contributed by atoms with E-state index in [1.807, 2.05) is 19.4 Å². The Hall–Kier alpha value is -2.57. The van der Waals surface area contributed by atoms with Crippen molar-refractivity contribution in [1.82, 2.24) is 14.7 Å². The number of ether oxygens (including phenoxy) is 1. The Kier molecular flexibility index (Phi) is 4.18. The minimum Gasteiger partial charge on any atom is -0.494 e. The Morgan fingerprint density at radius 3 is 3.00 bits per heavy atom. The zero-order chi connectivity index (χ0) is 16.4. The summed E-state index contributed by atoms with van der Waals surface area (Å²) in [5.74, 6) is 0.198. The molecule has 1 atom stereocenters. The van der Waals surface area contributed by atoms with Gasteiger partial charge in [-0.2, -0.15) is 5.10 Å². The number of carbonyl (C=O) groups excluding carboxylic acids is 1. The number of hydrogen-bond acceptors (Lipinski definition) is 3. The van der Waals surface area contributed by atoms with Gasteiger partial charge in [-0.25, -0.2) is 9.18 Å². The van der Waals surface area contributed by atoms with Crippen molar-refractivity contribution < 1.29 is 13.9 Å². The molecule has 1 aromatic carbocycles. The van der Waals surface area contributed by atoms with Gasteiger partial charge in [-0.1, -0.05) is 0 Å². The molecule has 2 amide bonds. The fraction of sp³-hybridized carbons (Fsp3) is 0.375. The zero-order valence-corrected chi connectivity index (χ0v) is 13.1. The van der Waals surface area contributed by atoms with Crippen LogP contribution in [0, 0.1) is 5.82 Å². The molecular formula is C16H19FN4O2. The molecule has 0 radical (unpaired) electrons. The predicted molar refractivity (Wildman–Crippen MR) is 84.1 cm³/mol. The quantitative estimate of drug-likeness (QED) is 0.946. The van der Waals surface area contributed by atoms with E-state index in [0.717, 1.165) is 12.0 Å². The van der Waals surface area contributed by atoms with E-state index in [0.29, 0.717) is 30.4 Å². The molecule has 1 saturated heterocycles. The number of methoxy groups -OCH3 is 1. The number of aryl methyl sites for hydroxylation is 1. The lowest BCUT2D eigenvalue weighted by molar-refractivity contribution is 0.222. The monoisotopic (exact) mass is 318 g/mol. The Labute approximate surface area is 133 Å². The van der Waals surface area contributed by atoms with Gasteiger partial charge in [-0.15, -0.1) is 0 Å². The maximum Gasteiger partial charge on any atom is 0.321 e. The van der Waals surface area contributed by atoms with Crippen LogP contribution in [0.1, 0.15) is 17.9 Å². The second kappa shape index (κ2) is 6.28. The first-order valence-corrected chi connectivity index (χ1v) is 7.45. The van der Waals surface area contributed by atoms with Crippen molar-refractivity contribution in [1.29, 1.82) is 0 Å². The van der Waals surface area contributed by atoms with Crippen LogP contribution in [0.5, 0.6) is 5.75 Å². The van der Waals surface area contributed by atoms with Crippen molar-refractivity contribution >= 4 is 11.7 Å². The van der Waals surface area contributed by atoms with Gasteiger partial charge < -0.3 is 15.0 Å². The summed E-state index contributed by atoms with van der Waals surface area (Å²) in [5.41, 5.74) is 1.60. The summed E-state index contributed by atoms with van der Waals surface area (Å²) >= 11 is 0. The number of nitrogens with zero attached hydrogens (tertiary/aromatic N) is 3. The first kappa shape index (κ1) is 15.3. The Balaban J connectivity index is 1.65. The van der Waals surface area contributed by atoms with Gasteiger partial charge in [0.15, 0.2) is 0 Å². The minimum absolute atomic E-state index is 0.207. The lowest BCUT2D eigenvalue weighted by Gasteiger charge is -2.18. The molecule has 2 aromatic rings. The van der Waals surface area contributed by atoms with Gasteiger partial charge >= 0.3 is 6.03 Å². The SMILES string of the molecule is COc1cc(F)ccc1NC(=O)N1CCC(c2cnn(C)c2)C1. The van der Waals surface area contributed by atoms with Crippen LogP contribution in [-0.2, 0) is 7.05 Å². The second-order valence-corrected chi connectivity index (χ2v) is 5.65. The molecule has 1 fully saturated rings. The molecule has 0 spiro atoms. The van der Waals surface area contributed by atoms with Crippen LogP contribution < -0.4 is 10.1 Å². The third-order valence-electron chi connectivity index (χ3n) is 4.08. The predicted octanol–water partition coefficient (Wildman–Crippen LogP) is 2.59. The van der Waals surface area contributed by atoms with E-state index in [1.165, 1.54) is 25.3 Å². The molecule has 2 heterocycles. The fourth-order valence-corrected chi connectivity index (χ4v) is 2.83. The Bertz CT molecular complexity index is 716. The van der Waals surface area contributed by atoms with Crippen molar-refractivity contribution in [2.75, 3.05) is 25.5 Å². The van der Waals surface area contributed by atoms with E-state index in [-0.39, 0.29) is 6.03 Å². The summed E-state index contributed by atoms with van der Waals surface area (Å²) in [5, 5.41) is 6.96. The first-order valence-electron chi connectivity index (χ1n) is 7.45. The number of nitrogens with one attached hydrogen (secondary N) is 1. The number of aromatic nitrogens is 2. The molecule has 122 valence electrons. The molecular weight excluding hydrogens is 299 g/mol. The van der Waals surface area contributed by atoms with Crippen LogP contribution >= 0.6 is 0 Å². The van der Waals surface area contributed by atoms with Crippen molar-refractivity contribution in [2.45, 2.75) is 12.3 Å². The number of carbonyl (C=O) groups is 1. The number of amides is 2. The van der Waals surface area contributed by atoms with E-state index in [1.54, 1.807) is 9.58 Å². The summed E-state index contributed by atoms with van der Waals surface area (Å²) < 4.78 is 20.1. The third kappa shape index (κ3) is 3.28. The normalized spacial score (nSPS) is 17.3. The number of urea groups is 1. The summed E-state index contributed by atoms with van der Waals surface area (Å²) in [4.78, 5) is 14.1. The molecule has 1 aliphatic heterocycles. The largest absolute Gasteiger partial charge is 0.494 e. The van der Waals surface area contributed by atoms with Crippen molar-refractivity contribution in [2.24, 2.45) is 7.05 Å². The molecule has 1 aliphatic rings. The van der Waals surface area contributed by atoms with Gasteiger partial charge in [0.25, 0.3) is 0 Å². The molecule has 1 N–H and O–H groups in total. The highest BCUT2D eigenvalue weighted by Gasteiger charge is 2.28. The Morgan fingerprint density at radius 1 is 1.48 bits per heavy atom. The third-order valence-corrected chi connectivity index (χ3v) is 4.08. The van der Waals surface area contributed by atoms with Crippen molar-refractivity contribution in [3.63, 3.8) is 0 Å². The maximum absolute atomic E-state index is 13.2. The van der Waals surface area contributed by atoms with Crippen LogP contribution in [0.3, 0.4) is 0 Å². The fourth-order valence-electron chi connectivity index (χ4n) is 2.83. The van der Waals surface area contributed by atoms with Crippen LogP contribution in [0.25, 0.3) is 0 Å². The van der Waals surface area contributed by atoms with E-state index in [2.05, 4.69) is 10.4 Å². The van der Waals surface area contributed by atoms with E-state index >= 15 is 0 Å². The molecule has 3 rings (SSSR count). The van der Waals surface area contributed by atoms with Crippen LogP contribution in [0.4, 0.5) is 14.9 Å². The standard InChI is InChI=1S/C16H19FN4O2/c1-20-9-12(8-18-20)11-5-6-21(10-11)16(22)19-14-4-3-13(17)7-15(14)23-2/h3-4,7-9,11H,5-6,10H2,1-2H3,(H,19,22). The van der Waals surface area contributed by atoms with Crippen molar-refractivity contribution in [3.05, 3.63) is 42.0 Å². The molecule has 1 unspecified atom stereocenters. The number of hydrogen-bond donors (Lipinski definition) is 1. The molecule has 0 bridgehead atoms. The van der Waals surface area contributed by atoms with Crippen LogP contribution in [0.2, 0.25) is 0 Å². The lowest BCUT2D eigenvalue weighted by atomic mass is 10.0. The van der Waals surface area contributed by atoms with Gasteiger partial charge in [0.1, 0.15) is 11.6 Å². The summed E-state index contributed by atoms with van der Waals surface area (Å²) in [6, 6.07) is 3.83. The average Bonchev–Trinajstić information content (AvgIpc) is 3.17. The Morgan fingerprint density at radius 2 is 2.30 bits per heavy atom. The molecule has 0 aliphatic carbocycles. The smallest absolute Gasteiger partial charge is 0.321 e. The molecule has 1 aromatic heterocycles. The summed E-state index contributed by atoms with van der Waals surface area (Å²) in [7, 11) is 3.32. The summed E-state index contributed by atoms with van der Waals surface area (Å²) in [6.07, 6.45) is 4.73. The van der Waals surface area contributed by atoms with Gasteiger partial charge in [0, 0.05) is 38.3 Å². The average molecular weight is 318 g/mol. The van der Waals surface area contributed by atoms with E-state index < -0.39 is 5.82 Å². The minimum atomic E-state index is -0.405. The number of benzene rings is 1. The van der Waals surface area contributed by atoms with E-state index in [4.69, 9.17) is 4.74 Å². The number of halogens is 1. The zero-order valence-electron chi connectivity index (χ0n) is 13.1. The van der Waals surface area contributed by atoms with Gasteiger partial charge in [0.2, 0.25) is 0 Å². The van der Waals surface area contributed by atoms with E-state index in [9.17, 15) is 9.18 Å². The number of rotatable bonds is 3. The molecule has 23 heavy (non-hydrogen) atoms. The summed E-state index contributed by atoms with van der Waals surface area (Å²) in [6.45, 7) is 1.32. The lowest BCUT2D eigenvalue weighted by Crippen LogP contribution is -2.32. The van der Waals surface area contributed by atoms with Crippen LogP contribution in [-0.4, -0.2) is 40.9 Å². The number of likely N-dealkylation sites (tertiary alicyclic amines) is 1. The highest BCUT2D eigenvalue weighted by Crippen LogP contribution is 2.29. The first-order chi connectivity index (χ1) is 11.1. The molecule has 6 nitrogen and oxygen atoms in total. The van der Waals surface area contributed by atoms with Gasteiger partial charge in [-0.05, 0) is 24.1 Å². The topological polar surface area (TPSA) is 59.4 Å². The van der Waals surface area contributed by atoms with Gasteiger partial charge in [0.05, 0.1) is 19.0 Å². The van der Waals surface area contributed by atoms with Crippen molar-refractivity contribution in [3.8, 4) is 5.75 Å². The highest BCUT2D eigenvalue weighted by molar-refractivity contribution is 5.91.